The maximum absolute atomic E-state index is 12.6. The summed E-state index contributed by atoms with van der Waals surface area (Å²) in [6.45, 7) is 2.07. The van der Waals surface area contributed by atoms with Crippen molar-refractivity contribution in [3.63, 3.8) is 0 Å². The highest BCUT2D eigenvalue weighted by atomic mass is 35.5. The molecule has 4 aromatic rings. The van der Waals surface area contributed by atoms with Crippen molar-refractivity contribution in [1.29, 1.82) is 0 Å². The standard InChI is InChI=1S/C21H17Cl2N5O2/c1-12-3-4-13(21(29)26-15-7-5-14(22)6-8-15)9-17(12)30-10-16-18-19(23)24-11-25-20(18)28(2)27-16/h3-9,11H,10H2,1-2H3,(H,26,29). The second-order valence-electron chi connectivity index (χ2n) is 6.66. The zero-order valence-corrected chi connectivity index (χ0v) is 17.7. The average molecular weight is 442 g/mol. The molecule has 7 nitrogen and oxygen atoms in total. The highest BCUT2D eigenvalue weighted by molar-refractivity contribution is 6.34. The first-order valence-corrected chi connectivity index (χ1v) is 9.80. The third-order valence-electron chi connectivity index (χ3n) is 4.56. The number of benzene rings is 2. The molecule has 152 valence electrons. The minimum absolute atomic E-state index is 0.160. The predicted octanol–water partition coefficient (Wildman–Crippen LogP) is 4.81. The number of fused-ring (bicyclic) bond motifs is 1. The van der Waals surface area contributed by atoms with E-state index >= 15 is 0 Å². The van der Waals surface area contributed by atoms with Crippen molar-refractivity contribution < 1.29 is 9.53 Å². The van der Waals surface area contributed by atoms with Crippen LogP contribution in [-0.4, -0.2) is 25.7 Å². The topological polar surface area (TPSA) is 81.9 Å². The smallest absolute Gasteiger partial charge is 0.255 e. The number of carbonyl (C=O) groups is 1. The van der Waals surface area contributed by atoms with Gasteiger partial charge in [0.05, 0.1) is 5.39 Å². The first-order valence-electron chi connectivity index (χ1n) is 9.05. The molecule has 0 fully saturated rings. The van der Waals surface area contributed by atoms with Gasteiger partial charge >= 0.3 is 0 Å². The summed E-state index contributed by atoms with van der Waals surface area (Å²) in [6, 6.07) is 12.2. The Morgan fingerprint density at radius 3 is 2.67 bits per heavy atom. The summed E-state index contributed by atoms with van der Waals surface area (Å²) in [6.07, 6.45) is 1.39. The third kappa shape index (κ3) is 4.08. The highest BCUT2D eigenvalue weighted by Gasteiger charge is 2.16. The molecule has 1 N–H and O–H groups in total. The second kappa shape index (κ2) is 8.30. The number of halogens is 2. The summed E-state index contributed by atoms with van der Waals surface area (Å²) in [7, 11) is 1.78. The summed E-state index contributed by atoms with van der Waals surface area (Å²) in [5.41, 5.74) is 3.26. The Bertz CT molecular complexity index is 1240. The van der Waals surface area contributed by atoms with Gasteiger partial charge in [0.1, 0.15) is 29.5 Å². The largest absolute Gasteiger partial charge is 0.487 e. The van der Waals surface area contributed by atoms with Gasteiger partial charge in [0.2, 0.25) is 0 Å². The fourth-order valence-electron chi connectivity index (χ4n) is 3.01. The van der Waals surface area contributed by atoms with E-state index in [0.717, 1.165) is 5.56 Å². The van der Waals surface area contributed by atoms with Gasteiger partial charge in [0.15, 0.2) is 5.65 Å². The Morgan fingerprint density at radius 2 is 1.90 bits per heavy atom. The lowest BCUT2D eigenvalue weighted by Gasteiger charge is -2.11. The molecule has 4 rings (SSSR count). The zero-order valence-electron chi connectivity index (χ0n) is 16.2. The minimum atomic E-state index is -0.248. The first-order chi connectivity index (χ1) is 14.4. The van der Waals surface area contributed by atoms with E-state index in [1.54, 1.807) is 48.1 Å². The highest BCUT2D eigenvalue weighted by Crippen LogP contribution is 2.26. The van der Waals surface area contributed by atoms with Crippen LogP contribution in [0.15, 0.2) is 48.8 Å². The zero-order chi connectivity index (χ0) is 21.3. The number of carbonyl (C=O) groups excluding carboxylic acids is 1. The molecule has 0 bridgehead atoms. The van der Waals surface area contributed by atoms with Crippen molar-refractivity contribution >= 4 is 45.8 Å². The van der Waals surface area contributed by atoms with E-state index in [1.165, 1.54) is 6.33 Å². The molecule has 0 unspecified atom stereocenters. The van der Waals surface area contributed by atoms with Gasteiger partial charge < -0.3 is 10.1 Å². The third-order valence-corrected chi connectivity index (χ3v) is 5.10. The minimum Gasteiger partial charge on any atom is -0.487 e. The maximum Gasteiger partial charge on any atom is 0.255 e. The number of hydrogen-bond acceptors (Lipinski definition) is 5. The Morgan fingerprint density at radius 1 is 1.13 bits per heavy atom. The Kier molecular flexibility index (Phi) is 5.57. The SMILES string of the molecule is Cc1ccc(C(=O)Nc2ccc(Cl)cc2)cc1OCc1nn(C)c2ncnc(Cl)c12. The van der Waals surface area contributed by atoms with Crippen molar-refractivity contribution in [1.82, 2.24) is 19.7 Å². The van der Waals surface area contributed by atoms with Crippen molar-refractivity contribution in [2.75, 3.05) is 5.32 Å². The Labute approximate surface area is 182 Å². The molecule has 9 heteroatoms. The number of nitrogens with one attached hydrogen (secondary N) is 1. The molecular formula is C21H17Cl2N5O2. The molecule has 2 heterocycles. The van der Waals surface area contributed by atoms with Gasteiger partial charge in [-0.1, -0.05) is 29.3 Å². The molecular weight excluding hydrogens is 425 g/mol. The van der Waals surface area contributed by atoms with Gasteiger partial charge in [0, 0.05) is 23.3 Å². The molecule has 0 aliphatic rings. The predicted molar refractivity (Wildman–Crippen MR) is 116 cm³/mol. The summed E-state index contributed by atoms with van der Waals surface area (Å²) in [4.78, 5) is 20.8. The number of ether oxygens (including phenoxy) is 1. The number of aryl methyl sites for hydroxylation is 2. The number of rotatable bonds is 5. The van der Waals surface area contributed by atoms with Crippen LogP contribution < -0.4 is 10.1 Å². The van der Waals surface area contributed by atoms with Gasteiger partial charge in [-0.2, -0.15) is 5.10 Å². The number of aromatic nitrogens is 4. The van der Waals surface area contributed by atoms with Gasteiger partial charge in [-0.25, -0.2) is 14.6 Å². The van der Waals surface area contributed by atoms with E-state index in [-0.39, 0.29) is 12.5 Å². The molecule has 0 aliphatic carbocycles. The summed E-state index contributed by atoms with van der Waals surface area (Å²) in [5.74, 6) is 0.326. The van der Waals surface area contributed by atoms with Gasteiger partial charge in [-0.3, -0.25) is 4.79 Å². The Balaban J connectivity index is 1.54. The van der Waals surface area contributed by atoms with Crippen LogP contribution in [0.3, 0.4) is 0 Å². The van der Waals surface area contributed by atoms with Gasteiger partial charge in [-0.05, 0) is 48.9 Å². The summed E-state index contributed by atoms with van der Waals surface area (Å²) in [5, 5.41) is 8.84. The van der Waals surface area contributed by atoms with Crippen LogP contribution in [0.2, 0.25) is 10.2 Å². The lowest BCUT2D eigenvalue weighted by Crippen LogP contribution is -2.12. The van der Waals surface area contributed by atoms with Gasteiger partial charge in [-0.15, -0.1) is 0 Å². The maximum atomic E-state index is 12.6. The number of hydrogen-bond donors (Lipinski definition) is 1. The number of nitrogens with zero attached hydrogens (tertiary/aromatic N) is 4. The molecule has 30 heavy (non-hydrogen) atoms. The van der Waals surface area contributed by atoms with E-state index in [2.05, 4.69) is 20.4 Å². The quantitative estimate of drug-likeness (QED) is 0.449. The molecule has 0 spiro atoms. The molecule has 2 aromatic carbocycles. The lowest BCUT2D eigenvalue weighted by molar-refractivity contribution is 0.102. The molecule has 0 atom stereocenters. The van der Waals surface area contributed by atoms with E-state index in [9.17, 15) is 4.79 Å². The summed E-state index contributed by atoms with van der Waals surface area (Å²) >= 11 is 12.1. The van der Waals surface area contributed by atoms with E-state index in [0.29, 0.717) is 43.9 Å². The van der Waals surface area contributed by atoms with Crippen LogP contribution >= 0.6 is 23.2 Å². The monoisotopic (exact) mass is 441 g/mol. The van der Waals surface area contributed by atoms with E-state index < -0.39 is 0 Å². The van der Waals surface area contributed by atoms with Crippen LogP contribution in [0.4, 0.5) is 5.69 Å². The molecule has 0 saturated heterocycles. The molecule has 0 aliphatic heterocycles. The van der Waals surface area contributed by atoms with Crippen LogP contribution in [0.1, 0.15) is 21.6 Å². The van der Waals surface area contributed by atoms with E-state index in [4.69, 9.17) is 27.9 Å². The summed E-state index contributed by atoms with van der Waals surface area (Å²) < 4.78 is 7.60. The average Bonchev–Trinajstić information content (AvgIpc) is 3.06. The molecule has 1 amide bonds. The number of amides is 1. The van der Waals surface area contributed by atoms with Crippen molar-refractivity contribution in [3.05, 3.63) is 75.8 Å². The second-order valence-corrected chi connectivity index (χ2v) is 7.46. The van der Waals surface area contributed by atoms with Crippen molar-refractivity contribution in [3.8, 4) is 5.75 Å². The normalized spacial score (nSPS) is 10.9. The van der Waals surface area contributed by atoms with Gasteiger partial charge in [0.25, 0.3) is 5.91 Å². The number of anilines is 1. The molecule has 0 saturated carbocycles. The van der Waals surface area contributed by atoms with Crippen LogP contribution in [0.5, 0.6) is 5.75 Å². The Hall–Kier alpha value is -3.16. The first kappa shape index (κ1) is 20.1. The fourth-order valence-corrected chi connectivity index (χ4v) is 3.37. The van der Waals surface area contributed by atoms with E-state index in [1.807, 2.05) is 13.0 Å². The van der Waals surface area contributed by atoms with Crippen molar-refractivity contribution in [2.24, 2.45) is 7.05 Å². The van der Waals surface area contributed by atoms with Crippen LogP contribution in [0.25, 0.3) is 11.0 Å². The van der Waals surface area contributed by atoms with Crippen LogP contribution in [-0.2, 0) is 13.7 Å². The lowest BCUT2D eigenvalue weighted by atomic mass is 10.1. The van der Waals surface area contributed by atoms with Crippen LogP contribution in [0, 0.1) is 6.92 Å². The van der Waals surface area contributed by atoms with Crippen molar-refractivity contribution in [2.45, 2.75) is 13.5 Å². The fraction of sp³-hybridized carbons (Fsp3) is 0.143. The molecule has 2 aromatic heterocycles. The molecule has 0 radical (unpaired) electrons.